The van der Waals surface area contributed by atoms with Gasteiger partial charge in [0.25, 0.3) is 0 Å². The highest BCUT2D eigenvalue weighted by Gasteiger charge is 2.11. The summed E-state index contributed by atoms with van der Waals surface area (Å²) in [5.41, 5.74) is 0.478. The quantitative estimate of drug-likeness (QED) is 0.338. The predicted octanol–water partition coefficient (Wildman–Crippen LogP) is 2.97. The lowest BCUT2D eigenvalue weighted by Crippen LogP contribution is -2.11. The standard InChI is InChI=1S/C19H19NO6/c1-13(20-26-14(2)22)19(23)15-3-5-17(6-4-15)25-18-9-7-16(8-10-18)24-12-11-21/h3-10,21H,11-12H2,1-2H3/b20-13+. The summed E-state index contributed by atoms with van der Waals surface area (Å²) in [4.78, 5) is 27.3. The van der Waals surface area contributed by atoms with Crippen molar-refractivity contribution in [1.29, 1.82) is 0 Å². The molecular formula is C19H19NO6. The first-order valence-corrected chi connectivity index (χ1v) is 7.88. The molecule has 0 saturated heterocycles. The molecule has 0 aromatic heterocycles. The summed E-state index contributed by atoms with van der Waals surface area (Å²) >= 11 is 0. The minimum atomic E-state index is -0.589. The summed E-state index contributed by atoms with van der Waals surface area (Å²) in [7, 11) is 0. The Bertz CT molecular complexity index is 781. The number of hydrogen-bond donors (Lipinski definition) is 1. The van der Waals surface area contributed by atoms with Crippen LogP contribution in [0.1, 0.15) is 24.2 Å². The number of ether oxygens (including phenoxy) is 2. The summed E-state index contributed by atoms with van der Waals surface area (Å²) < 4.78 is 11.0. The van der Waals surface area contributed by atoms with E-state index in [2.05, 4.69) is 9.99 Å². The van der Waals surface area contributed by atoms with Gasteiger partial charge in [-0.2, -0.15) is 0 Å². The highest BCUT2D eigenvalue weighted by molar-refractivity contribution is 6.45. The molecule has 26 heavy (non-hydrogen) atoms. The van der Waals surface area contributed by atoms with E-state index in [0.717, 1.165) is 0 Å². The molecular weight excluding hydrogens is 338 g/mol. The van der Waals surface area contributed by atoms with E-state index in [1.165, 1.54) is 13.8 Å². The van der Waals surface area contributed by atoms with Gasteiger partial charge in [-0.15, -0.1) is 0 Å². The average Bonchev–Trinajstić information content (AvgIpc) is 2.65. The minimum Gasteiger partial charge on any atom is -0.491 e. The Morgan fingerprint density at radius 1 is 0.923 bits per heavy atom. The third kappa shape index (κ3) is 5.71. The number of aliphatic hydroxyl groups excluding tert-OH is 1. The van der Waals surface area contributed by atoms with Gasteiger partial charge < -0.3 is 19.4 Å². The number of benzene rings is 2. The molecule has 0 fully saturated rings. The molecule has 0 saturated carbocycles. The van der Waals surface area contributed by atoms with Crippen LogP contribution in [-0.4, -0.2) is 35.8 Å². The van der Waals surface area contributed by atoms with E-state index in [0.29, 0.717) is 22.8 Å². The summed E-state index contributed by atoms with van der Waals surface area (Å²) in [6.07, 6.45) is 0. The van der Waals surface area contributed by atoms with Crippen molar-refractivity contribution in [3.8, 4) is 17.2 Å². The van der Waals surface area contributed by atoms with Gasteiger partial charge >= 0.3 is 5.97 Å². The van der Waals surface area contributed by atoms with Crippen molar-refractivity contribution in [3.05, 3.63) is 54.1 Å². The van der Waals surface area contributed by atoms with Crippen LogP contribution >= 0.6 is 0 Å². The van der Waals surface area contributed by atoms with E-state index in [1.54, 1.807) is 48.5 Å². The SMILES string of the molecule is CC(=O)O/N=C(\C)C(=O)c1ccc(Oc2ccc(OCCO)cc2)cc1. The normalized spacial score (nSPS) is 11.0. The maximum Gasteiger partial charge on any atom is 0.331 e. The summed E-state index contributed by atoms with van der Waals surface area (Å²) in [5, 5.41) is 12.2. The Morgan fingerprint density at radius 2 is 1.46 bits per heavy atom. The second-order valence-electron chi connectivity index (χ2n) is 5.26. The molecule has 7 heteroatoms. The smallest absolute Gasteiger partial charge is 0.331 e. The molecule has 7 nitrogen and oxygen atoms in total. The third-order valence-electron chi connectivity index (χ3n) is 3.18. The van der Waals surface area contributed by atoms with Crippen molar-refractivity contribution in [2.75, 3.05) is 13.2 Å². The van der Waals surface area contributed by atoms with Crippen molar-refractivity contribution < 1.29 is 29.0 Å². The van der Waals surface area contributed by atoms with Crippen LogP contribution < -0.4 is 9.47 Å². The number of ketones is 1. The molecule has 0 heterocycles. The number of rotatable bonds is 8. The van der Waals surface area contributed by atoms with E-state index in [-0.39, 0.29) is 24.7 Å². The van der Waals surface area contributed by atoms with Crippen LogP contribution in [0.2, 0.25) is 0 Å². The number of nitrogens with zero attached hydrogens (tertiary/aromatic N) is 1. The Hall–Kier alpha value is -3.19. The summed E-state index contributed by atoms with van der Waals surface area (Å²) in [5.74, 6) is 0.861. The van der Waals surface area contributed by atoms with Gasteiger partial charge in [-0.1, -0.05) is 5.16 Å². The van der Waals surface area contributed by atoms with Crippen molar-refractivity contribution in [2.45, 2.75) is 13.8 Å². The second kappa shape index (κ2) is 9.33. The first-order chi connectivity index (χ1) is 12.5. The molecule has 0 aliphatic rings. The molecule has 0 atom stereocenters. The predicted molar refractivity (Wildman–Crippen MR) is 94.7 cm³/mol. The van der Waals surface area contributed by atoms with E-state index in [1.807, 2.05) is 0 Å². The van der Waals surface area contributed by atoms with Crippen LogP contribution in [0.3, 0.4) is 0 Å². The van der Waals surface area contributed by atoms with Crippen molar-refractivity contribution >= 4 is 17.5 Å². The Morgan fingerprint density at radius 3 is 2.00 bits per heavy atom. The fraction of sp³-hybridized carbons (Fsp3) is 0.211. The first kappa shape index (κ1) is 19.1. The number of carbonyl (C=O) groups excluding carboxylic acids is 2. The zero-order valence-corrected chi connectivity index (χ0v) is 14.5. The molecule has 2 aromatic carbocycles. The van der Waals surface area contributed by atoms with Gasteiger partial charge in [0.05, 0.1) is 6.61 Å². The monoisotopic (exact) mass is 357 g/mol. The Balaban J connectivity index is 1.99. The number of aliphatic hydroxyl groups is 1. The summed E-state index contributed by atoms with van der Waals surface area (Å²) in [6, 6.07) is 13.5. The molecule has 0 amide bonds. The second-order valence-corrected chi connectivity index (χ2v) is 5.26. The van der Waals surface area contributed by atoms with Gasteiger partial charge in [0.1, 0.15) is 29.6 Å². The van der Waals surface area contributed by atoms with Gasteiger partial charge in [0.15, 0.2) is 0 Å². The maximum atomic E-state index is 12.2. The largest absolute Gasteiger partial charge is 0.491 e. The zero-order valence-electron chi connectivity index (χ0n) is 14.5. The molecule has 136 valence electrons. The van der Waals surface area contributed by atoms with Crippen LogP contribution in [0.5, 0.6) is 17.2 Å². The topological polar surface area (TPSA) is 94.4 Å². The minimum absolute atomic E-state index is 0.0472. The van der Waals surface area contributed by atoms with Gasteiger partial charge in [0, 0.05) is 12.5 Å². The lowest BCUT2D eigenvalue weighted by Gasteiger charge is -2.08. The Labute approximate surface area is 150 Å². The van der Waals surface area contributed by atoms with Gasteiger partial charge in [-0.05, 0) is 55.5 Å². The van der Waals surface area contributed by atoms with Crippen molar-refractivity contribution in [3.63, 3.8) is 0 Å². The fourth-order valence-electron chi connectivity index (χ4n) is 1.96. The number of Topliss-reactive ketones (excluding diaryl/α,β-unsaturated/α-hetero) is 1. The third-order valence-corrected chi connectivity index (χ3v) is 3.18. The number of oxime groups is 1. The molecule has 2 rings (SSSR count). The molecule has 0 aliphatic carbocycles. The number of hydrogen-bond acceptors (Lipinski definition) is 7. The highest BCUT2D eigenvalue weighted by atomic mass is 16.7. The molecule has 0 spiro atoms. The van der Waals surface area contributed by atoms with E-state index >= 15 is 0 Å². The zero-order chi connectivity index (χ0) is 18.9. The van der Waals surface area contributed by atoms with Gasteiger partial charge in [0.2, 0.25) is 5.78 Å². The summed E-state index contributed by atoms with van der Waals surface area (Å²) in [6.45, 7) is 2.86. The van der Waals surface area contributed by atoms with Crippen molar-refractivity contribution in [1.82, 2.24) is 0 Å². The first-order valence-electron chi connectivity index (χ1n) is 7.88. The molecule has 0 bridgehead atoms. The van der Waals surface area contributed by atoms with Crippen LogP contribution in [0, 0.1) is 0 Å². The Kier molecular flexibility index (Phi) is 6.87. The van der Waals surface area contributed by atoms with Crippen LogP contribution in [-0.2, 0) is 9.63 Å². The van der Waals surface area contributed by atoms with Crippen molar-refractivity contribution in [2.24, 2.45) is 5.16 Å². The van der Waals surface area contributed by atoms with Gasteiger partial charge in [-0.25, -0.2) is 4.79 Å². The highest BCUT2D eigenvalue weighted by Crippen LogP contribution is 2.24. The molecule has 0 radical (unpaired) electrons. The molecule has 1 N–H and O–H groups in total. The lowest BCUT2D eigenvalue weighted by atomic mass is 10.1. The fourth-order valence-corrected chi connectivity index (χ4v) is 1.96. The number of carbonyl (C=O) groups is 2. The van der Waals surface area contributed by atoms with Crippen LogP contribution in [0.25, 0.3) is 0 Å². The van der Waals surface area contributed by atoms with Crippen LogP contribution in [0.4, 0.5) is 0 Å². The van der Waals surface area contributed by atoms with Crippen LogP contribution in [0.15, 0.2) is 53.7 Å². The van der Waals surface area contributed by atoms with E-state index in [9.17, 15) is 9.59 Å². The average molecular weight is 357 g/mol. The molecule has 2 aromatic rings. The maximum absolute atomic E-state index is 12.2. The molecule has 0 unspecified atom stereocenters. The lowest BCUT2D eigenvalue weighted by molar-refractivity contribution is -0.140. The van der Waals surface area contributed by atoms with Gasteiger partial charge in [-0.3, -0.25) is 4.79 Å². The van der Waals surface area contributed by atoms with E-state index < -0.39 is 5.97 Å². The molecule has 0 aliphatic heterocycles. The van der Waals surface area contributed by atoms with E-state index in [4.69, 9.17) is 14.6 Å².